The van der Waals surface area contributed by atoms with Gasteiger partial charge in [0.1, 0.15) is 12.1 Å². The van der Waals surface area contributed by atoms with Gasteiger partial charge in [-0.15, -0.1) is 0 Å². The van der Waals surface area contributed by atoms with Gasteiger partial charge in [0.2, 0.25) is 5.91 Å². The minimum atomic E-state index is -5.24. The van der Waals surface area contributed by atoms with Crippen molar-refractivity contribution < 1.29 is 37.1 Å². The summed E-state index contributed by atoms with van der Waals surface area (Å²) in [5.74, 6) is -5.76. The van der Waals surface area contributed by atoms with Crippen LogP contribution in [-0.2, 0) is 19.1 Å². The van der Waals surface area contributed by atoms with Gasteiger partial charge in [0.15, 0.2) is 0 Å². The van der Waals surface area contributed by atoms with Crippen LogP contribution in [0.5, 0.6) is 0 Å². The van der Waals surface area contributed by atoms with Gasteiger partial charge in [0.25, 0.3) is 11.7 Å². The van der Waals surface area contributed by atoms with Crippen LogP contribution in [0.2, 0.25) is 0 Å². The zero-order chi connectivity index (χ0) is 22.5. The molecule has 0 aromatic rings. The van der Waals surface area contributed by atoms with Gasteiger partial charge in [-0.25, -0.2) is 4.79 Å². The number of alkyl carbamates (subject to hydrolysis) is 1. The number of nitrogens with zero attached hydrogens (tertiary/aromatic N) is 1. The van der Waals surface area contributed by atoms with Gasteiger partial charge in [-0.1, -0.05) is 27.7 Å². The standard InChI is InChI=1S/C18H28F3N3O5/c1-9(2)12(23-17(28)29-5)16(27)24(15(26)11-7-6-8-22-11)13(10(3)4)14(25)18(19,20)21/h9-13,22H,6-8H2,1-5H3,(H,23,28)/t11?,12-,13-/m0/s1. The number of nitrogens with one attached hydrogen (secondary N) is 2. The molecular formula is C18H28F3N3O5. The third-order valence-electron chi connectivity index (χ3n) is 4.68. The molecule has 0 aromatic carbocycles. The Balaban J connectivity index is 3.44. The van der Waals surface area contributed by atoms with Crippen molar-refractivity contribution in [2.24, 2.45) is 11.8 Å². The van der Waals surface area contributed by atoms with Crippen molar-refractivity contribution >= 4 is 23.7 Å². The molecule has 1 fully saturated rings. The van der Waals surface area contributed by atoms with Gasteiger partial charge in [-0.3, -0.25) is 19.3 Å². The van der Waals surface area contributed by atoms with Crippen LogP contribution in [0.4, 0.5) is 18.0 Å². The summed E-state index contributed by atoms with van der Waals surface area (Å²) in [5, 5.41) is 5.08. The van der Waals surface area contributed by atoms with Gasteiger partial charge in [0.05, 0.1) is 13.2 Å². The van der Waals surface area contributed by atoms with E-state index < -0.39 is 59.8 Å². The molecule has 1 rings (SSSR count). The smallest absolute Gasteiger partial charge is 0.452 e. The Labute approximate surface area is 167 Å². The predicted molar refractivity (Wildman–Crippen MR) is 96.7 cm³/mol. The van der Waals surface area contributed by atoms with Crippen LogP contribution < -0.4 is 10.6 Å². The number of carbonyl (C=O) groups excluding carboxylic acids is 4. The summed E-state index contributed by atoms with van der Waals surface area (Å²) in [4.78, 5) is 50.4. The van der Waals surface area contributed by atoms with Crippen LogP contribution in [0.15, 0.2) is 0 Å². The summed E-state index contributed by atoms with van der Waals surface area (Å²) in [7, 11) is 1.06. The molecule has 166 valence electrons. The Kier molecular flexibility index (Phi) is 8.61. The minimum Gasteiger partial charge on any atom is -0.453 e. The Morgan fingerprint density at radius 2 is 1.69 bits per heavy atom. The molecule has 0 spiro atoms. The number of hydrogen-bond acceptors (Lipinski definition) is 6. The highest BCUT2D eigenvalue weighted by Crippen LogP contribution is 2.27. The van der Waals surface area contributed by atoms with Crippen molar-refractivity contribution in [2.75, 3.05) is 13.7 Å². The molecule has 0 radical (unpaired) electrons. The first-order valence-electron chi connectivity index (χ1n) is 9.38. The number of methoxy groups -OCH3 is 1. The lowest BCUT2D eigenvalue weighted by Crippen LogP contribution is -2.63. The third-order valence-corrected chi connectivity index (χ3v) is 4.68. The minimum absolute atomic E-state index is 0.324. The van der Waals surface area contributed by atoms with Gasteiger partial charge in [-0.2, -0.15) is 13.2 Å². The average molecular weight is 423 g/mol. The normalized spacial score (nSPS) is 19.0. The van der Waals surface area contributed by atoms with Gasteiger partial charge >= 0.3 is 12.3 Å². The highest BCUT2D eigenvalue weighted by molar-refractivity contribution is 6.06. The number of rotatable bonds is 7. The van der Waals surface area contributed by atoms with E-state index in [2.05, 4.69) is 15.4 Å². The maximum atomic E-state index is 13.2. The molecule has 0 saturated carbocycles. The van der Waals surface area contributed by atoms with Crippen molar-refractivity contribution in [3.8, 4) is 0 Å². The number of Topliss-reactive ketones (excluding diaryl/α,β-unsaturated/α-hetero) is 1. The number of imide groups is 1. The van der Waals surface area contributed by atoms with Crippen molar-refractivity contribution in [2.45, 2.75) is 64.8 Å². The highest BCUT2D eigenvalue weighted by Gasteiger charge is 2.51. The monoisotopic (exact) mass is 423 g/mol. The van der Waals surface area contributed by atoms with E-state index in [1.54, 1.807) is 13.8 Å². The number of alkyl halides is 3. The van der Waals surface area contributed by atoms with E-state index in [-0.39, 0.29) is 0 Å². The van der Waals surface area contributed by atoms with E-state index in [9.17, 15) is 32.3 Å². The summed E-state index contributed by atoms with van der Waals surface area (Å²) in [5.41, 5.74) is 0. The van der Waals surface area contributed by atoms with Crippen molar-refractivity contribution in [1.82, 2.24) is 15.5 Å². The molecule has 1 aliphatic heterocycles. The molecule has 8 nitrogen and oxygen atoms in total. The summed E-state index contributed by atoms with van der Waals surface area (Å²) in [6.07, 6.45) is -5.29. The lowest BCUT2D eigenvalue weighted by Gasteiger charge is -2.36. The number of amides is 3. The molecule has 0 aromatic heterocycles. The first-order valence-corrected chi connectivity index (χ1v) is 9.38. The third kappa shape index (κ3) is 6.15. The molecule has 2 N–H and O–H groups in total. The summed E-state index contributed by atoms with van der Waals surface area (Å²) in [6, 6.07) is -4.28. The SMILES string of the molecule is COC(=O)N[C@H](C(=O)N(C(=O)C1CCCN1)[C@H](C(=O)C(F)(F)F)C(C)C)C(C)C. The summed E-state index contributed by atoms with van der Waals surface area (Å²) < 4.78 is 44.2. The molecule has 3 amide bonds. The van der Waals surface area contributed by atoms with Gasteiger partial charge in [-0.05, 0) is 31.2 Å². The lowest BCUT2D eigenvalue weighted by atomic mass is 9.93. The fourth-order valence-electron chi connectivity index (χ4n) is 3.18. The molecule has 1 unspecified atom stereocenters. The summed E-state index contributed by atoms with van der Waals surface area (Å²) in [6.45, 7) is 6.20. The average Bonchev–Trinajstić information content (AvgIpc) is 3.15. The van der Waals surface area contributed by atoms with E-state index in [1.165, 1.54) is 13.8 Å². The Hall–Kier alpha value is -2.17. The Bertz CT molecular complexity index is 631. The first-order chi connectivity index (χ1) is 13.3. The fraction of sp³-hybridized carbons (Fsp3) is 0.778. The number of ether oxygens (including phenoxy) is 1. The molecule has 0 aliphatic carbocycles. The van der Waals surface area contributed by atoms with E-state index >= 15 is 0 Å². The number of hydrogen-bond donors (Lipinski definition) is 2. The fourth-order valence-corrected chi connectivity index (χ4v) is 3.18. The second-order valence-corrected chi connectivity index (χ2v) is 7.60. The van der Waals surface area contributed by atoms with Crippen LogP contribution in [0.1, 0.15) is 40.5 Å². The van der Waals surface area contributed by atoms with Gasteiger partial charge < -0.3 is 15.4 Å². The quantitative estimate of drug-likeness (QED) is 0.645. The molecule has 29 heavy (non-hydrogen) atoms. The van der Waals surface area contributed by atoms with Crippen molar-refractivity contribution in [3.05, 3.63) is 0 Å². The number of carbonyl (C=O) groups is 4. The number of ketones is 1. The highest BCUT2D eigenvalue weighted by atomic mass is 19.4. The zero-order valence-electron chi connectivity index (χ0n) is 17.1. The zero-order valence-corrected chi connectivity index (χ0v) is 17.1. The molecular weight excluding hydrogens is 395 g/mol. The van der Waals surface area contributed by atoms with Crippen LogP contribution in [0.3, 0.4) is 0 Å². The Morgan fingerprint density at radius 1 is 1.10 bits per heavy atom. The van der Waals surface area contributed by atoms with Crippen molar-refractivity contribution in [1.29, 1.82) is 0 Å². The second-order valence-electron chi connectivity index (χ2n) is 7.60. The lowest BCUT2D eigenvalue weighted by molar-refractivity contribution is -0.182. The molecule has 11 heteroatoms. The molecule has 1 aliphatic rings. The topological polar surface area (TPSA) is 105 Å². The number of halogens is 3. The summed E-state index contributed by atoms with van der Waals surface area (Å²) >= 11 is 0. The van der Waals surface area contributed by atoms with Gasteiger partial charge in [0, 0.05) is 0 Å². The molecule has 1 heterocycles. The first kappa shape index (κ1) is 24.9. The van der Waals surface area contributed by atoms with Crippen LogP contribution in [0.25, 0.3) is 0 Å². The molecule has 0 bridgehead atoms. The van der Waals surface area contributed by atoms with Crippen LogP contribution >= 0.6 is 0 Å². The van der Waals surface area contributed by atoms with Crippen molar-refractivity contribution in [3.63, 3.8) is 0 Å². The Morgan fingerprint density at radius 3 is 2.07 bits per heavy atom. The van der Waals surface area contributed by atoms with E-state index in [0.717, 1.165) is 7.11 Å². The molecule has 3 atom stereocenters. The maximum absolute atomic E-state index is 13.2. The molecule has 1 saturated heterocycles. The second kappa shape index (κ2) is 10.0. The van der Waals surface area contributed by atoms with E-state index in [4.69, 9.17) is 0 Å². The maximum Gasteiger partial charge on any atom is 0.452 e. The largest absolute Gasteiger partial charge is 0.453 e. The van der Waals surface area contributed by atoms with Crippen LogP contribution in [0, 0.1) is 11.8 Å². The predicted octanol–water partition coefficient (Wildman–Crippen LogP) is 1.63. The van der Waals surface area contributed by atoms with E-state index in [1.807, 2.05) is 0 Å². The van der Waals surface area contributed by atoms with Crippen LogP contribution in [-0.4, -0.2) is 66.5 Å². The van der Waals surface area contributed by atoms with E-state index in [0.29, 0.717) is 24.3 Å².